The second-order valence-electron chi connectivity index (χ2n) is 3.97. The number of aromatic nitrogens is 1. The van der Waals surface area contributed by atoms with Crippen LogP contribution in [0.4, 0.5) is 10.1 Å². The monoisotopic (exact) mass is 285 g/mol. The lowest BCUT2D eigenvalue weighted by atomic mass is 10.2. The number of carbonyl (C=O) groups is 2. The van der Waals surface area contributed by atoms with Crippen molar-refractivity contribution < 1.29 is 19.1 Å². The number of nitriles is 1. The molecule has 2 N–H and O–H groups in total. The van der Waals surface area contributed by atoms with Gasteiger partial charge in [-0.05, 0) is 30.3 Å². The van der Waals surface area contributed by atoms with Gasteiger partial charge in [0.25, 0.3) is 5.91 Å². The first-order valence-electron chi connectivity index (χ1n) is 5.72. The molecule has 0 fully saturated rings. The van der Waals surface area contributed by atoms with Crippen LogP contribution in [0.25, 0.3) is 0 Å². The molecule has 0 saturated carbocycles. The molecule has 0 spiro atoms. The highest BCUT2D eigenvalue weighted by molar-refractivity contribution is 6.04. The van der Waals surface area contributed by atoms with E-state index in [4.69, 9.17) is 10.4 Å². The number of carboxylic acids is 1. The Kier molecular flexibility index (Phi) is 3.90. The fourth-order valence-electron chi connectivity index (χ4n) is 1.58. The smallest absolute Gasteiger partial charge is 0.354 e. The maximum atomic E-state index is 13.0. The Morgan fingerprint density at radius 2 is 1.95 bits per heavy atom. The summed E-state index contributed by atoms with van der Waals surface area (Å²) in [5.41, 5.74) is -0.324. The Bertz CT molecular complexity index is 768. The number of anilines is 1. The Balaban J connectivity index is 2.28. The van der Waals surface area contributed by atoms with Gasteiger partial charge in [-0.25, -0.2) is 14.2 Å². The van der Waals surface area contributed by atoms with E-state index in [9.17, 15) is 14.0 Å². The van der Waals surface area contributed by atoms with Crippen LogP contribution in [0.5, 0.6) is 0 Å². The summed E-state index contributed by atoms with van der Waals surface area (Å²) >= 11 is 0. The number of aromatic carboxylic acids is 1. The zero-order chi connectivity index (χ0) is 15.4. The molecular weight excluding hydrogens is 277 g/mol. The van der Waals surface area contributed by atoms with Gasteiger partial charge < -0.3 is 10.4 Å². The molecular formula is C14H8FN3O3. The zero-order valence-electron chi connectivity index (χ0n) is 10.5. The molecule has 0 aliphatic rings. The number of carbonyl (C=O) groups excluding carboxylic acids is 1. The first kappa shape index (κ1) is 14.1. The van der Waals surface area contributed by atoms with Crippen LogP contribution in [0, 0.1) is 17.1 Å². The first-order chi connectivity index (χ1) is 10.0. The molecule has 0 aliphatic carbocycles. The minimum absolute atomic E-state index is 0.0438. The normalized spacial score (nSPS) is 9.71. The van der Waals surface area contributed by atoms with Gasteiger partial charge in [0.05, 0.1) is 11.3 Å². The van der Waals surface area contributed by atoms with Crippen molar-refractivity contribution in [3.63, 3.8) is 0 Å². The van der Waals surface area contributed by atoms with E-state index in [0.717, 1.165) is 12.1 Å². The van der Waals surface area contributed by atoms with Gasteiger partial charge in [-0.2, -0.15) is 5.26 Å². The van der Waals surface area contributed by atoms with Gasteiger partial charge in [-0.3, -0.25) is 4.79 Å². The Morgan fingerprint density at radius 1 is 1.24 bits per heavy atom. The maximum absolute atomic E-state index is 13.0. The molecule has 0 atom stereocenters. The highest BCUT2D eigenvalue weighted by Gasteiger charge is 2.13. The lowest BCUT2D eigenvalue weighted by molar-refractivity contribution is 0.0690. The summed E-state index contributed by atoms with van der Waals surface area (Å²) in [6.07, 6.45) is 0. The molecule has 0 aliphatic heterocycles. The van der Waals surface area contributed by atoms with Crippen molar-refractivity contribution in [1.82, 2.24) is 4.98 Å². The molecule has 7 heteroatoms. The number of carboxylic acid groups (broad SMARTS) is 1. The van der Waals surface area contributed by atoms with Crippen LogP contribution in [0.3, 0.4) is 0 Å². The Morgan fingerprint density at radius 3 is 2.62 bits per heavy atom. The molecule has 0 saturated heterocycles. The summed E-state index contributed by atoms with van der Waals surface area (Å²) in [4.78, 5) is 26.4. The van der Waals surface area contributed by atoms with Crippen LogP contribution in [0.1, 0.15) is 26.5 Å². The third kappa shape index (κ3) is 3.19. The number of hydrogen-bond acceptors (Lipinski definition) is 4. The highest BCUT2D eigenvalue weighted by atomic mass is 19.1. The van der Waals surface area contributed by atoms with E-state index >= 15 is 0 Å². The van der Waals surface area contributed by atoms with Crippen LogP contribution in [-0.2, 0) is 0 Å². The van der Waals surface area contributed by atoms with Crippen molar-refractivity contribution in [2.45, 2.75) is 0 Å². The van der Waals surface area contributed by atoms with E-state index in [1.54, 1.807) is 6.07 Å². The molecule has 2 rings (SSSR count). The fraction of sp³-hybridized carbons (Fsp3) is 0. The summed E-state index contributed by atoms with van der Waals surface area (Å²) in [5.74, 6) is -2.55. The van der Waals surface area contributed by atoms with Gasteiger partial charge in [0.15, 0.2) is 0 Å². The van der Waals surface area contributed by atoms with Gasteiger partial charge in [0.2, 0.25) is 0 Å². The predicted molar refractivity (Wildman–Crippen MR) is 70.3 cm³/mol. The standard InChI is InChI=1S/C14H8FN3O3/c15-9-4-5-10(8(6-9)7-16)18-13(19)11-2-1-3-12(17-11)14(20)21/h1-6H,(H,18,19)(H,20,21). The van der Waals surface area contributed by atoms with E-state index in [-0.39, 0.29) is 22.6 Å². The van der Waals surface area contributed by atoms with Gasteiger partial charge in [-0.1, -0.05) is 6.07 Å². The third-order valence-electron chi connectivity index (χ3n) is 2.55. The second-order valence-corrected chi connectivity index (χ2v) is 3.97. The average molecular weight is 285 g/mol. The topological polar surface area (TPSA) is 103 Å². The van der Waals surface area contributed by atoms with E-state index in [1.807, 2.05) is 0 Å². The van der Waals surface area contributed by atoms with Crippen molar-refractivity contribution in [2.24, 2.45) is 0 Å². The molecule has 21 heavy (non-hydrogen) atoms. The highest BCUT2D eigenvalue weighted by Crippen LogP contribution is 2.16. The summed E-state index contributed by atoms with van der Waals surface area (Å²) in [5, 5.41) is 20.1. The largest absolute Gasteiger partial charge is 0.477 e. The van der Waals surface area contributed by atoms with Gasteiger partial charge in [0, 0.05) is 0 Å². The van der Waals surface area contributed by atoms with Crippen LogP contribution >= 0.6 is 0 Å². The molecule has 1 aromatic carbocycles. The van der Waals surface area contributed by atoms with Gasteiger partial charge in [0.1, 0.15) is 23.3 Å². The second kappa shape index (κ2) is 5.79. The van der Waals surface area contributed by atoms with Crippen molar-refractivity contribution in [3.05, 3.63) is 59.2 Å². The quantitative estimate of drug-likeness (QED) is 0.898. The van der Waals surface area contributed by atoms with E-state index in [1.165, 1.54) is 24.3 Å². The number of benzene rings is 1. The third-order valence-corrected chi connectivity index (χ3v) is 2.55. The predicted octanol–water partition coefficient (Wildman–Crippen LogP) is 2.04. The molecule has 1 aromatic heterocycles. The number of rotatable bonds is 3. The average Bonchev–Trinajstić information content (AvgIpc) is 2.49. The minimum Gasteiger partial charge on any atom is -0.477 e. The number of hydrogen-bond donors (Lipinski definition) is 2. The number of amides is 1. The van der Waals surface area contributed by atoms with E-state index in [0.29, 0.717) is 0 Å². The summed E-state index contributed by atoms with van der Waals surface area (Å²) in [7, 11) is 0. The summed E-state index contributed by atoms with van der Waals surface area (Å²) in [6, 6.07) is 9.03. The molecule has 1 amide bonds. The number of nitrogens with one attached hydrogen (secondary N) is 1. The van der Waals surface area contributed by atoms with Crippen LogP contribution in [0.2, 0.25) is 0 Å². The molecule has 104 valence electrons. The van der Waals surface area contributed by atoms with Crippen molar-refractivity contribution in [1.29, 1.82) is 5.26 Å². The number of halogens is 1. The van der Waals surface area contributed by atoms with Crippen molar-refractivity contribution in [3.8, 4) is 6.07 Å². The molecule has 0 unspecified atom stereocenters. The molecule has 0 radical (unpaired) electrons. The molecule has 1 heterocycles. The summed E-state index contributed by atoms with van der Waals surface area (Å²) in [6.45, 7) is 0. The number of nitrogens with zero attached hydrogens (tertiary/aromatic N) is 2. The number of pyridine rings is 1. The van der Waals surface area contributed by atoms with Crippen molar-refractivity contribution in [2.75, 3.05) is 5.32 Å². The van der Waals surface area contributed by atoms with E-state index in [2.05, 4.69) is 10.3 Å². The maximum Gasteiger partial charge on any atom is 0.354 e. The van der Waals surface area contributed by atoms with Crippen LogP contribution < -0.4 is 5.32 Å². The first-order valence-corrected chi connectivity index (χ1v) is 5.72. The van der Waals surface area contributed by atoms with Gasteiger partial charge in [-0.15, -0.1) is 0 Å². The lowest BCUT2D eigenvalue weighted by Crippen LogP contribution is -2.16. The van der Waals surface area contributed by atoms with Crippen molar-refractivity contribution >= 4 is 17.6 Å². The zero-order valence-corrected chi connectivity index (χ0v) is 10.5. The lowest BCUT2D eigenvalue weighted by Gasteiger charge is -2.07. The Hall–Kier alpha value is -3.27. The molecule has 2 aromatic rings. The SMILES string of the molecule is N#Cc1cc(F)ccc1NC(=O)c1cccc(C(=O)O)n1. The fourth-order valence-corrected chi connectivity index (χ4v) is 1.58. The minimum atomic E-state index is -1.26. The molecule has 0 bridgehead atoms. The van der Waals surface area contributed by atoms with Crippen LogP contribution in [-0.4, -0.2) is 22.0 Å². The van der Waals surface area contributed by atoms with Crippen LogP contribution in [0.15, 0.2) is 36.4 Å². The molecule has 6 nitrogen and oxygen atoms in total. The summed E-state index contributed by atoms with van der Waals surface area (Å²) < 4.78 is 13.0. The van der Waals surface area contributed by atoms with Gasteiger partial charge >= 0.3 is 5.97 Å². The van der Waals surface area contributed by atoms with E-state index < -0.39 is 17.7 Å². The Labute approximate surface area is 118 Å².